The Morgan fingerprint density at radius 3 is 2.50 bits per heavy atom. The van der Waals surface area contributed by atoms with Crippen LogP contribution < -0.4 is 15.6 Å². The minimum absolute atomic E-state index is 0.120. The summed E-state index contributed by atoms with van der Waals surface area (Å²) in [7, 11) is 0. The second-order valence-corrected chi connectivity index (χ2v) is 8.02. The Labute approximate surface area is 209 Å². The van der Waals surface area contributed by atoms with E-state index in [0.717, 1.165) is 5.56 Å². The van der Waals surface area contributed by atoms with Crippen molar-refractivity contribution in [3.8, 4) is 11.6 Å². The van der Waals surface area contributed by atoms with Gasteiger partial charge in [0.15, 0.2) is 0 Å². The number of ether oxygens (including phenoxy) is 2. The number of hydrogen-bond donors (Lipinski definition) is 2. The molecule has 2 aromatic heterocycles. The van der Waals surface area contributed by atoms with Crippen LogP contribution in [0.1, 0.15) is 11.1 Å². The number of nitrogens with zero attached hydrogens (tertiary/aromatic N) is 3. The van der Waals surface area contributed by atoms with Crippen molar-refractivity contribution in [2.45, 2.75) is 13.2 Å². The molecule has 2 aromatic carbocycles. The third-order valence-electron chi connectivity index (χ3n) is 4.84. The molecule has 0 radical (unpaired) electrons. The third-order valence-corrected chi connectivity index (χ3v) is 5.09. The number of carboxylic acid groups (broad SMARTS) is 1. The first-order chi connectivity index (χ1) is 17.4. The summed E-state index contributed by atoms with van der Waals surface area (Å²) >= 11 is 5.98. The molecule has 0 amide bonds. The fourth-order valence-electron chi connectivity index (χ4n) is 3.19. The number of carbonyl (C=O) groups is 1. The monoisotopic (exact) mass is 510 g/mol. The summed E-state index contributed by atoms with van der Waals surface area (Å²) in [6.07, 6.45) is 1.57. The summed E-state index contributed by atoms with van der Waals surface area (Å²) < 4.78 is 25.6. The molecule has 0 aliphatic carbocycles. The van der Waals surface area contributed by atoms with Gasteiger partial charge in [0.25, 0.3) is 5.56 Å². The van der Waals surface area contributed by atoms with E-state index >= 15 is 0 Å². The number of nitrogens with one attached hydrogen (secondary N) is 1. The predicted octanol–water partition coefficient (Wildman–Crippen LogP) is 4.62. The summed E-state index contributed by atoms with van der Waals surface area (Å²) in [5.74, 6) is -0.959. The van der Waals surface area contributed by atoms with E-state index in [-0.39, 0.29) is 24.0 Å². The maximum atomic E-state index is 13.3. The van der Waals surface area contributed by atoms with Crippen molar-refractivity contribution in [2.75, 3.05) is 11.9 Å². The van der Waals surface area contributed by atoms with Crippen molar-refractivity contribution in [3.05, 3.63) is 105 Å². The number of hydrogen-bond acceptors (Lipinski definition) is 7. The van der Waals surface area contributed by atoms with Gasteiger partial charge in [-0.05, 0) is 48.0 Å². The van der Waals surface area contributed by atoms with Gasteiger partial charge in [-0.15, -0.1) is 0 Å². The van der Waals surface area contributed by atoms with Gasteiger partial charge in [0.2, 0.25) is 17.8 Å². The lowest BCUT2D eigenvalue weighted by molar-refractivity contribution is -0.142. The Bertz CT molecular complexity index is 1410. The van der Waals surface area contributed by atoms with E-state index in [9.17, 15) is 14.0 Å². The number of carboxylic acids is 1. The Kier molecular flexibility index (Phi) is 7.89. The topological polar surface area (TPSA) is 116 Å². The van der Waals surface area contributed by atoms with Gasteiger partial charge in [0, 0.05) is 23.0 Å². The fourth-order valence-corrected chi connectivity index (χ4v) is 3.32. The van der Waals surface area contributed by atoms with Crippen LogP contribution in [-0.4, -0.2) is 32.2 Å². The molecule has 2 N–H and O–H groups in total. The second kappa shape index (κ2) is 11.4. The minimum atomic E-state index is -1.14. The van der Waals surface area contributed by atoms with Crippen molar-refractivity contribution in [2.24, 2.45) is 0 Å². The number of benzene rings is 2. The van der Waals surface area contributed by atoms with Crippen molar-refractivity contribution < 1.29 is 23.8 Å². The van der Waals surface area contributed by atoms with Gasteiger partial charge in [-0.1, -0.05) is 29.8 Å². The van der Waals surface area contributed by atoms with Crippen LogP contribution in [0.2, 0.25) is 5.02 Å². The van der Waals surface area contributed by atoms with Gasteiger partial charge in [-0.2, -0.15) is 14.4 Å². The van der Waals surface area contributed by atoms with E-state index in [0.29, 0.717) is 23.0 Å². The Balaban J connectivity index is 1.56. The third kappa shape index (κ3) is 6.87. The zero-order valence-electron chi connectivity index (χ0n) is 18.7. The van der Waals surface area contributed by atoms with E-state index in [2.05, 4.69) is 15.3 Å². The van der Waals surface area contributed by atoms with E-state index < -0.39 is 24.1 Å². The largest absolute Gasteiger partial charge is 0.480 e. The van der Waals surface area contributed by atoms with Crippen molar-refractivity contribution >= 4 is 29.2 Å². The Morgan fingerprint density at radius 1 is 1.06 bits per heavy atom. The summed E-state index contributed by atoms with van der Waals surface area (Å²) in [5, 5.41) is 12.5. The molecule has 11 heteroatoms. The van der Waals surface area contributed by atoms with E-state index in [1.165, 1.54) is 18.2 Å². The first-order valence-corrected chi connectivity index (χ1v) is 11.1. The maximum absolute atomic E-state index is 13.3. The zero-order valence-corrected chi connectivity index (χ0v) is 19.5. The van der Waals surface area contributed by atoms with Gasteiger partial charge >= 0.3 is 5.97 Å². The van der Waals surface area contributed by atoms with Crippen molar-refractivity contribution in [1.82, 2.24) is 14.5 Å². The molecule has 36 heavy (non-hydrogen) atoms. The van der Waals surface area contributed by atoms with Crippen LogP contribution in [0.5, 0.6) is 11.6 Å². The molecule has 0 saturated heterocycles. The SMILES string of the molecule is O=C(O)COCc1cn(Cc2ccc(Cl)cc2)c(Nc2ccc(Oc3cccc(F)n3)cc2)nc1=O. The Hall–Kier alpha value is -4.28. The molecule has 0 aliphatic heterocycles. The number of rotatable bonds is 10. The number of aromatic nitrogens is 3. The lowest BCUT2D eigenvalue weighted by Crippen LogP contribution is -2.22. The molecule has 4 rings (SSSR count). The first kappa shape index (κ1) is 24.8. The summed E-state index contributed by atoms with van der Waals surface area (Å²) in [6.45, 7) is -0.374. The number of pyridine rings is 1. The van der Waals surface area contributed by atoms with Crippen LogP contribution in [0.15, 0.2) is 77.7 Å². The van der Waals surface area contributed by atoms with Crippen LogP contribution >= 0.6 is 11.6 Å². The van der Waals surface area contributed by atoms with Gasteiger partial charge in [-0.25, -0.2) is 4.79 Å². The van der Waals surface area contributed by atoms with Crippen LogP contribution in [0.25, 0.3) is 0 Å². The highest BCUT2D eigenvalue weighted by Crippen LogP contribution is 2.23. The zero-order chi connectivity index (χ0) is 25.5. The molecule has 0 fully saturated rings. The molecule has 0 unspecified atom stereocenters. The Morgan fingerprint density at radius 2 is 1.81 bits per heavy atom. The molecule has 0 aliphatic rings. The molecule has 184 valence electrons. The van der Waals surface area contributed by atoms with Gasteiger partial charge < -0.3 is 24.5 Å². The van der Waals surface area contributed by atoms with E-state index in [1.807, 2.05) is 12.1 Å². The number of aliphatic carboxylic acids is 1. The van der Waals surface area contributed by atoms with E-state index in [1.54, 1.807) is 47.2 Å². The van der Waals surface area contributed by atoms with Gasteiger partial charge in [0.05, 0.1) is 18.7 Å². The number of anilines is 2. The standard InChI is InChI=1S/C25H20ClFN4O5/c26-18-6-4-16(5-7-18)12-31-13-17(14-35-15-23(32)33)24(34)30-25(31)28-19-8-10-20(11-9-19)36-22-3-1-2-21(27)29-22/h1-11,13H,12,14-15H2,(H,32,33)(H,28,30,34). The van der Waals surface area contributed by atoms with Crippen LogP contribution in [-0.2, 0) is 22.7 Å². The average molecular weight is 511 g/mol. The van der Waals surface area contributed by atoms with Gasteiger partial charge in [0.1, 0.15) is 12.4 Å². The highest BCUT2D eigenvalue weighted by molar-refractivity contribution is 6.30. The molecule has 0 saturated carbocycles. The van der Waals surface area contributed by atoms with E-state index in [4.69, 9.17) is 26.2 Å². The number of halogens is 2. The van der Waals surface area contributed by atoms with Crippen LogP contribution in [0.4, 0.5) is 16.0 Å². The molecule has 9 nitrogen and oxygen atoms in total. The van der Waals surface area contributed by atoms with Crippen molar-refractivity contribution in [3.63, 3.8) is 0 Å². The lowest BCUT2D eigenvalue weighted by Gasteiger charge is -2.16. The normalized spacial score (nSPS) is 10.7. The van der Waals surface area contributed by atoms with Gasteiger partial charge in [-0.3, -0.25) is 4.79 Å². The highest BCUT2D eigenvalue weighted by Gasteiger charge is 2.11. The summed E-state index contributed by atoms with van der Waals surface area (Å²) in [4.78, 5) is 31.1. The molecular weight excluding hydrogens is 491 g/mol. The molecule has 4 aromatic rings. The maximum Gasteiger partial charge on any atom is 0.329 e. The average Bonchev–Trinajstić information content (AvgIpc) is 2.84. The van der Waals surface area contributed by atoms with Crippen LogP contribution in [0.3, 0.4) is 0 Å². The smallest absolute Gasteiger partial charge is 0.329 e. The summed E-state index contributed by atoms with van der Waals surface area (Å²) in [6, 6.07) is 18.2. The lowest BCUT2D eigenvalue weighted by atomic mass is 10.2. The second-order valence-electron chi connectivity index (χ2n) is 7.59. The molecule has 0 atom stereocenters. The molecule has 2 heterocycles. The predicted molar refractivity (Wildman–Crippen MR) is 130 cm³/mol. The first-order valence-electron chi connectivity index (χ1n) is 10.7. The highest BCUT2D eigenvalue weighted by atomic mass is 35.5. The fraction of sp³-hybridized carbons (Fsp3) is 0.120. The minimum Gasteiger partial charge on any atom is -0.480 e. The molecule has 0 spiro atoms. The quantitative estimate of drug-likeness (QED) is 0.297. The molecular formula is C25H20ClFN4O5. The summed E-state index contributed by atoms with van der Waals surface area (Å²) in [5.41, 5.74) is 1.17. The van der Waals surface area contributed by atoms with Crippen LogP contribution in [0, 0.1) is 5.95 Å². The van der Waals surface area contributed by atoms with Crippen molar-refractivity contribution in [1.29, 1.82) is 0 Å². The molecule has 0 bridgehead atoms.